The number of carbonyl (C=O) groups is 1. The van der Waals surface area contributed by atoms with Gasteiger partial charge in [0, 0.05) is 35.9 Å². The molecule has 0 saturated carbocycles. The lowest BCUT2D eigenvalue weighted by molar-refractivity contribution is -0.130. The van der Waals surface area contributed by atoms with Gasteiger partial charge in [-0.1, -0.05) is 11.6 Å². The van der Waals surface area contributed by atoms with Gasteiger partial charge >= 0.3 is 0 Å². The van der Waals surface area contributed by atoms with E-state index in [0.717, 1.165) is 27.7 Å². The molecule has 4 rings (SSSR count). The van der Waals surface area contributed by atoms with Crippen LogP contribution in [0.4, 0.5) is 0 Å². The van der Waals surface area contributed by atoms with Gasteiger partial charge in [-0.15, -0.1) is 0 Å². The molecule has 31 heavy (non-hydrogen) atoms. The highest BCUT2D eigenvalue weighted by Crippen LogP contribution is 2.38. The van der Waals surface area contributed by atoms with Gasteiger partial charge in [0.25, 0.3) is 0 Å². The minimum absolute atomic E-state index is 0.175. The number of amides is 1. The van der Waals surface area contributed by atoms with E-state index in [2.05, 4.69) is 10.1 Å². The van der Waals surface area contributed by atoms with Gasteiger partial charge in [0.05, 0.1) is 38.6 Å². The number of ether oxygens (including phenoxy) is 3. The number of halogens is 1. The average Bonchev–Trinajstić information content (AvgIpc) is 3.23. The Bertz CT molecular complexity index is 1190. The largest absolute Gasteiger partial charge is 0.497 e. The number of hydrogen-bond acceptors (Lipinski definition) is 6. The van der Waals surface area contributed by atoms with Crippen molar-refractivity contribution in [3.8, 4) is 17.2 Å². The van der Waals surface area contributed by atoms with E-state index in [1.807, 2.05) is 42.5 Å². The van der Waals surface area contributed by atoms with E-state index in [1.54, 1.807) is 21.3 Å². The van der Waals surface area contributed by atoms with Gasteiger partial charge < -0.3 is 14.2 Å². The molecular weight excluding hydrogens is 418 g/mol. The molecule has 0 unspecified atom stereocenters. The molecule has 0 fully saturated rings. The topological polar surface area (TPSA) is 73.2 Å². The summed E-state index contributed by atoms with van der Waals surface area (Å²) in [4.78, 5) is 16.9. The first-order valence-corrected chi connectivity index (χ1v) is 10.1. The number of hydrazone groups is 1. The molecule has 2 aromatic carbocycles. The molecule has 0 spiro atoms. The summed E-state index contributed by atoms with van der Waals surface area (Å²) < 4.78 is 16.0. The van der Waals surface area contributed by atoms with Crippen LogP contribution in [0, 0.1) is 0 Å². The van der Waals surface area contributed by atoms with Crippen LogP contribution in [0.2, 0.25) is 5.15 Å². The van der Waals surface area contributed by atoms with E-state index in [-0.39, 0.29) is 11.9 Å². The van der Waals surface area contributed by atoms with Crippen LogP contribution in [0.1, 0.15) is 30.5 Å². The molecule has 0 radical (unpaired) electrons. The van der Waals surface area contributed by atoms with Crippen molar-refractivity contribution in [1.82, 2.24) is 9.99 Å². The van der Waals surface area contributed by atoms with Gasteiger partial charge in [0.2, 0.25) is 5.91 Å². The summed E-state index contributed by atoms with van der Waals surface area (Å²) in [5.74, 6) is 1.75. The smallest absolute Gasteiger partial charge is 0.240 e. The lowest BCUT2D eigenvalue weighted by Crippen LogP contribution is -2.24. The van der Waals surface area contributed by atoms with Crippen LogP contribution in [0.25, 0.3) is 10.9 Å². The molecule has 160 valence electrons. The Labute approximate surface area is 185 Å². The predicted molar refractivity (Wildman–Crippen MR) is 119 cm³/mol. The molecule has 0 bridgehead atoms. The fourth-order valence-corrected chi connectivity index (χ4v) is 4.01. The molecule has 2 heterocycles. The van der Waals surface area contributed by atoms with Crippen molar-refractivity contribution in [2.75, 3.05) is 21.3 Å². The molecule has 8 heteroatoms. The Morgan fingerprint density at radius 1 is 1.03 bits per heavy atom. The summed E-state index contributed by atoms with van der Waals surface area (Å²) in [6, 6.07) is 12.8. The molecule has 1 aliphatic rings. The Hall–Kier alpha value is -3.32. The van der Waals surface area contributed by atoms with Crippen molar-refractivity contribution in [3.63, 3.8) is 0 Å². The lowest BCUT2D eigenvalue weighted by atomic mass is 9.98. The minimum Gasteiger partial charge on any atom is -0.497 e. The molecule has 1 aromatic heterocycles. The van der Waals surface area contributed by atoms with Crippen LogP contribution in [0.5, 0.6) is 17.2 Å². The molecule has 0 aliphatic carbocycles. The molecular formula is C23H22ClN3O4. The third kappa shape index (κ3) is 3.88. The van der Waals surface area contributed by atoms with Crippen molar-refractivity contribution < 1.29 is 19.0 Å². The third-order valence-corrected chi connectivity index (χ3v) is 5.62. The normalized spacial score (nSPS) is 15.7. The summed E-state index contributed by atoms with van der Waals surface area (Å²) in [6.07, 6.45) is 0.498. The van der Waals surface area contributed by atoms with E-state index in [0.29, 0.717) is 28.8 Å². The summed E-state index contributed by atoms with van der Waals surface area (Å²) >= 11 is 6.55. The van der Waals surface area contributed by atoms with E-state index in [1.165, 1.54) is 11.9 Å². The van der Waals surface area contributed by atoms with E-state index >= 15 is 0 Å². The third-order valence-electron chi connectivity index (χ3n) is 5.31. The number of fused-ring (bicyclic) bond motifs is 1. The highest BCUT2D eigenvalue weighted by atomic mass is 35.5. The fraction of sp³-hybridized carbons (Fsp3) is 0.261. The fourth-order valence-electron chi connectivity index (χ4n) is 3.73. The molecule has 1 aliphatic heterocycles. The number of rotatable bonds is 5. The number of aromatic nitrogens is 1. The van der Waals surface area contributed by atoms with Crippen molar-refractivity contribution in [2.45, 2.75) is 19.4 Å². The number of hydrogen-bond donors (Lipinski definition) is 0. The maximum atomic E-state index is 12.4. The lowest BCUT2D eigenvalue weighted by Gasteiger charge is -2.21. The van der Waals surface area contributed by atoms with Crippen LogP contribution in [-0.2, 0) is 4.79 Å². The van der Waals surface area contributed by atoms with Gasteiger partial charge in [-0.3, -0.25) is 4.79 Å². The maximum absolute atomic E-state index is 12.4. The van der Waals surface area contributed by atoms with Crippen molar-refractivity contribution in [3.05, 3.63) is 58.7 Å². The first kappa shape index (κ1) is 20.9. The van der Waals surface area contributed by atoms with Gasteiger partial charge in [0.15, 0.2) is 11.5 Å². The van der Waals surface area contributed by atoms with Gasteiger partial charge in [0.1, 0.15) is 10.9 Å². The van der Waals surface area contributed by atoms with Crippen LogP contribution in [0.3, 0.4) is 0 Å². The van der Waals surface area contributed by atoms with Gasteiger partial charge in [-0.25, -0.2) is 9.99 Å². The van der Waals surface area contributed by atoms with Crippen molar-refractivity contribution in [1.29, 1.82) is 0 Å². The van der Waals surface area contributed by atoms with Crippen LogP contribution >= 0.6 is 11.6 Å². The second kappa shape index (κ2) is 8.43. The van der Waals surface area contributed by atoms with Gasteiger partial charge in [-0.2, -0.15) is 5.10 Å². The number of nitrogens with zero attached hydrogens (tertiary/aromatic N) is 3. The zero-order valence-corrected chi connectivity index (χ0v) is 18.4. The second-order valence-corrected chi connectivity index (χ2v) is 7.49. The average molecular weight is 440 g/mol. The quantitative estimate of drug-likeness (QED) is 0.543. The highest BCUT2D eigenvalue weighted by molar-refractivity contribution is 6.30. The zero-order valence-electron chi connectivity index (χ0n) is 17.7. The summed E-state index contributed by atoms with van der Waals surface area (Å²) in [5, 5.41) is 7.30. The van der Waals surface area contributed by atoms with Crippen LogP contribution in [0.15, 0.2) is 47.6 Å². The molecule has 7 nitrogen and oxygen atoms in total. The highest BCUT2D eigenvalue weighted by Gasteiger charge is 2.33. The van der Waals surface area contributed by atoms with Crippen LogP contribution < -0.4 is 14.2 Å². The first-order valence-electron chi connectivity index (χ1n) is 9.69. The Balaban J connectivity index is 1.73. The van der Waals surface area contributed by atoms with E-state index < -0.39 is 0 Å². The summed E-state index contributed by atoms with van der Waals surface area (Å²) in [7, 11) is 4.77. The molecule has 0 N–H and O–H groups in total. The number of carbonyl (C=O) groups excluding carboxylic acids is 1. The van der Waals surface area contributed by atoms with Crippen molar-refractivity contribution in [2.24, 2.45) is 5.10 Å². The van der Waals surface area contributed by atoms with Crippen LogP contribution in [-0.4, -0.2) is 42.9 Å². The second-order valence-electron chi connectivity index (χ2n) is 7.13. The first-order chi connectivity index (χ1) is 14.9. The Kier molecular flexibility index (Phi) is 5.69. The zero-order chi connectivity index (χ0) is 22.1. The minimum atomic E-state index is -0.355. The Morgan fingerprint density at radius 3 is 2.48 bits per heavy atom. The van der Waals surface area contributed by atoms with E-state index in [9.17, 15) is 4.79 Å². The van der Waals surface area contributed by atoms with E-state index in [4.69, 9.17) is 25.8 Å². The molecule has 1 amide bonds. The number of benzene rings is 2. The SMILES string of the molecule is COc1ccc2cc([C@@H]3CC(c4ccc(OC)c(OC)c4)=NN3C(C)=O)c(Cl)nc2c1. The monoisotopic (exact) mass is 439 g/mol. The summed E-state index contributed by atoms with van der Waals surface area (Å²) in [5.41, 5.74) is 3.07. The Morgan fingerprint density at radius 2 is 1.81 bits per heavy atom. The van der Waals surface area contributed by atoms with Crippen molar-refractivity contribution >= 4 is 34.1 Å². The standard InChI is InChI=1S/C23H22ClN3O4/c1-13(28)27-20(12-19(26-27)15-6-8-21(30-3)22(10-15)31-4)17-9-14-5-7-16(29-2)11-18(14)25-23(17)24/h5-11,20H,12H2,1-4H3/t20-/m0/s1. The number of pyridine rings is 1. The molecule has 0 saturated heterocycles. The molecule has 1 atom stereocenters. The van der Waals surface area contributed by atoms with Gasteiger partial charge in [-0.05, 0) is 36.4 Å². The maximum Gasteiger partial charge on any atom is 0.240 e. The predicted octanol–water partition coefficient (Wildman–Crippen LogP) is 4.61. The molecule has 3 aromatic rings. The summed E-state index contributed by atoms with van der Waals surface area (Å²) in [6.45, 7) is 1.49. The number of methoxy groups -OCH3 is 3.